The fraction of sp³-hybridized carbons (Fsp3) is 0.435. The molecule has 28 heavy (non-hydrogen) atoms. The van der Waals surface area contributed by atoms with Crippen LogP contribution in [-0.4, -0.2) is 30.0 Å². The van der Waals surface area contributed by atoms with Crippen molar-refractivity contribution in [2.75, 3.05) is 13.1 Å². The predicted molar refractivity (Wildman–Crippen MR) is 108 cm³/mol. The lowest BCUT2D eigenvalue weighted by Gasteiger charge is -2.34. The van der Waals surface area contributed by atoms with Gasteiger partial charge in [-0.3, -0.25) is 9.69 Å². The third-order valence-electron chi connectivity index (χ3n) is 5.22. The zero-order valence-corrected chi connectivity index (χ0v) is 16.9. The highest BCUT2D eigenvalue weighted by Gasteiger charge is 2.25. The van der Waals surface area contributed by atoms with E-state index >= 15 is 0 Å². The molecule has 1 unspecified atom stereocenters. The summed E-state index contributed by atoms with van der Waals surface area (Å²) >= 11 is 0. The van der Waals surface area contributed by atoms with Gasteiger partial charge in [0.05, 0.1) is 19.3 Å². The first-order chi connectivity index (χ1) is 13.4. The van der Waals surface area contributed by atoms with Crippen molar-refractivity contribution in [2.24, 2.45) is 0 Å². The van der Waals surface area contributed by atoms with Crippen LogP contribution in [0.2, 0.25) is 0 Å². The average Bonchev–Trinajstić information content (AvgIpc) is 2.68. The van der Waals surface area contributed by atoms with E-state index in [4.69, 9.17) is 4.74 Å². The Morgan fingerprint density at radius 1 is 1.21 bits per heavy atom. The molecule has 0 saturated carbocycles. The lowest BCUT2D eigenvalue weighted by atomic mass is 9.93. The minimum Gasteiger partial charge on any atom is -0.374 e. The van der Waals surface area contributed by atoms with Crippen LogP contribution in [0.4, 0.5) is 4.39 Å². The van der Waals surface area contributed by atoms with E-state index in [1.807, 2.05) is 51.1 Å². The molecule has 4 nitrogen and oxygen atoms in total. The number of carbonyl (C=O) groups is 1. The quantitative estimate of drug-likeness (QED) is 0.785. The van der Waals surface area contributed by atoms with E-state index in [1.165, 1.54) is 11.6 Å². The summed E-state index contributed by atoms with van der Waals surface area (Å²) < 4.78 is 19.2. The van der Waals surface area contributed by atoms with Crippen LogP contribution in [0.3, 0.4) is 0 Å². The SMILES string of the molecule is CC(C)OCc1ccc(CNC(=O)CN2CCc3ccc(F)cc3C2C)cc1. The number of ether oxygens (including phenoxy) is 1. The number of nitrogens with zero attached hydrogens (tertiary/aromatic N) is 1. The van der Waals surface area contributed by atoms with Gasteiger partial charge >= 0.3 is 0 Å². The molecule has 2 aromatic carbocycles. The number of rotatable bonds is 7. The lowest BCUT2D eigenvalue weighted by molar-refractivity contribution is -0.123. The zero-order valence-electron chi connectivity index (χ0n) is 16.9. The van der Waals surface area contributed by atoms with E-state index in [9.17, 15) is 9.18 Å². The highest BCUT2D eigenvalue weighted by Crippen LogP contribution is 2.29. The largest absolute Gasteiger partial charge is 0.374 e. The van der Waals surface area contributed by atoms with Gasteiger partial charge < -0.3 is 10.1 Å². The first-order valence-corrected chi connectivity index (χ1v) is 9.91. The Labute approximate surface area is 166 Å². The Balaban J connectivity index is 1.49. The summed E-state index contributed by atoms with van der Waals surface area (Å²) in [7, 11) is 0. The molecule has 0 radical (unpaired) electrons. The molecule has 0 fully saturated rings. The van der Waals surface area contributed by atoms with Crippen LogP contribution in [0.15, 0.2) is 42.5 Å². The van der Waals surface area contributed by atoms with Gasteiger partial charge in [-0.1, -0.05) is 30.3 Å². The number of fused-ring (bicyclic) bond motifs is 1. The van der Waals surface area contributed by atoms with Crippen molar-refractivity contribution >= 4 is 5.91 Å². The van der Waals surface area contributed by atoms with Gasteiger partial charge in [0.1, 0.15) is 5.82 Å². The van der Waals surface area contributed by atoms with Crippen molar-refractivity contribution in [1.29, 1.82) is 0 Å². The van der Waals surface area contributed by atoms with Crippen molar-refractivity contribution in [3.63, 3.8) is 0 Å². The molecule has 1 aliphatic heterocycles. The molecule has 0 bridgehead atoms. The third-order valence-corrected chi connectivity index (χ3v) is 5.22. The molecule has 1 atom stereocenters. The van der Waals surface area contributed by atoms with Gasteiger partial charge in [0.25, 0.3) is 0 Å². The summed E-state index contributed by atoms with van der Waals surface area (Å²) in [6.07, 6.45) is 1.05. The maximum Gasteiger partial charge on any atom is 0.234 e. The van der Waals surface area contributed by atoms with Crippen LogP contribution in [0.5, 0.6) is 0 Å². The summed E-state index contributed by atoms with van der Waals surface area (Å²) in [5, 5.41) is 2.99. The first kappa shape index (κ1) is 20.5. The summed E-state index contributed by atoms with van der Waals surface area (Å²) in [6.45, 7) is 8.28. The van der Waals surface area contributed by atoms with Gasteiger partial charge in [-0.25, -0.2) is 4.39 Å². The van der Waals surface area contributed by atoms with Crippen molar-refractivity contribution in [2.45, 2.75) is 52.5 Å². The molecule has 0 saturated heterocycles. The lowest BCUT2D eigenvalue weighted by Crippen LogP contribution is -2.41. The Bertz CT molecular complexity index is 805. The maximum atomic E-state index is 13.6. The zero-order chi connectivity index (χ0) is 20.1. The topological polar surface area (TPSA) is 41.6 Å². The highest BCUT2D eigenvalue weighted by atomic mass is 19.1. The van der Waals surface area contributed by atoms with Gasteiger partial charge in [0.15, 0.2) is 0 Å². The molecule has 150 valence electrons. The first-order valence-electron chi connectivity index (χ1n) is 9.91. The molecular weight excluding hydrogens is 355 g/mol. The van der Waals surface area contributed by atoms with E-state index < -0.39 is 0 Å². The maximum absolute atomic E-state index is 13.6. The Morgan fingerprint density at radius 3 is 2.64 bits per heavy atom. The second-order valence-electron chi connectivity index (χ2n) is 7.69. The minimum atomic E-state index is -0.223. The standard InChI is InChI=1S/C23H29FN2O2/c1-16(2)28-15-19-6-4-18(5-7-19)13-25-23(27)14-26-11-10-20-8-9-21(24)12-22(20)17(26)3/h4-9,12,16-17H,10-11,13-15H2,1-3H3,(H,25,27). The summed E-state index contributed by atoms with van der Waals surface area (Å²) in [6, 6.07) is 13.1. The summed E-state index contributed by atoms with van der Waals surface area (Å²) in [5.41, 5.74) is 4.34. The Morgan fingerprint density at radius 2 is 1.93 bits per heavy atom. The van der Waals surface area contributed by atoms with Gasteiger partial charge in [-0.2, -0.15) is 0 Å². The minimum absolute atomic E-state index is 0.0149. The fourth-order valence-corrected chi connectivity index (χ4v) is 3.51. The summed E-state index contributed by atoms with van der Waals surface area (Å²) in [4.78, 5) is 14.5. The van der Waals surface area contributed by atoms with Crippen LogP contribution < -0.4 is 5.32 Å². The van der Waals surface area contributed by atoms with Crippen molar-refractivity contribution in [3.05, 3.63) is 70.5 Å². The van der Waals surface area contributed by atoms with E-state index in [1.54, 1.807) is 6.07 Å². The Kier molecular flexibility index (Phi) is 6.81. The molecule has 0 aliphatic carbocycles. The number of carbonyl (C=O) groups excluding carboxylic acids is 1. The molecule has 1 amide bonds. The monoisotopic (exact) mass is 384 g/mol. The normalized spacial score (nSPS) is 16.8. The second kappa shape index (κ2) is 9.30. The number of hydrogen-bond acceptors (Lipinski definition) is 3. The van der Waals surface area contributed by atoms with Gasteiger partial charge in [0.2, 0.25) is 5.91 Å². The van der Waals surface area contributed by atoms with E-state index in [0.717, 1.165) is 29.7 Å². The van der Waals surface area contributed by atoms with E-state index in [2.05, 4.69) is 10.2 Å². The number of benzene rings is 2. The van der Waals surface area contributed by atoms with Crippen LogP contribution in [-0.2, 0) is 29.1 Å². The molecule has 2 aromatic rings. The predicted octanol–water partition coefficient (Wildman–Crippen LogP) is 3.99. The summed E-state index contributed by atoms with van der Waals surface area (Å²) in [5.74, 6) is -0.238. The third kappa shape index (κ3) is 5.40. The Hall–Kier alpha value is -2.24. The molecular formula is C23H29FN2O2. The smallest absolute Gasteiger partial charge is 0.234 e. The fourth-order valence-electron chi connectivity index (χ4n) is 3.51. The molecule has 1 N–H and O–H groups in total. The second-order valence-corrected chi connectivity index (χ2v) is 7.69. The van der Waals surface area contributed by atoms with Crippen LogP contribution in [0.1, 0.15) is 49.1 Å². The molecule has 0 spiro atoms. The highest BCUT2D eigenvalue weighted by molar-refractivity contribution is 5.78. The number of amides is 1. The number of nitrogens with one attached hydrogen (secondary N) is 1. The molecule has 3 rings (SSSR count). The van der Waals surface area contributed by atoms with Gasteiger partial charge in [-0.15, -0.1) is 0 Å². The molecule has 1 aliphatic rings. The van der Waals surface area contributed by atoms with Gasteiger partial charge in [0, 0.05) is 19.1 Å². The number of hydrogen-bond donors (Lipinski definition) is 1. The van der Waals surface area contributed by atoms with Crippen LogP contribution in [0.25, 0.3) is 0 Å². The van der Waals surface area contributed by atoms with Gasteiger partial charge in [-0.05, 0) is 61.6 Å². The van der Waals surface area contributed by atoms with Crippen molar-refractivity contribution < 1.29 is 13.9 Å². The van der Waals surface area contributed by atoms with Crippen LogP contribution in [0, 0.1) is 5.82 Å². The molecule has 5 heteroatoms. The van der Waals surface area contributed by atoms with E-state index in [-0.39, 0.29) is 23.9 Å². The molecule has 0 aromatic heterocycles. The molecule has 1 heterocycles. The van der Waals surface area contributed by atoms with Crippen LogP contribution >= 0.6 is 0 Å². The van der Waals surface area contributed by atoms with Crippen molar-refractivity contribution in [3.8, 4) is 0 Å². The number of halogens is 1. The average molecular weight is 384 g/mol. The van der Waals surface area contributed by atoms with Crippen molar-refractivity contribution in [1.82, 2.24) is 10.2 Å². The van der Waals surface area contributed by atoms with E-state index in [0.29, 0.717) is 19.7 Å².